The van der Waals surface area contributed by atoms with Crippen molar-refractivity contribution in [2.75, 3.05) is 6.54 Å². The zero-order valence-corrected chi connectivity index (χ0v) is 9.98. The number of carbonyl (C=O) groups excluding carboxylic acids is 1. The molecule has 17 heavy (non-hydrogen) atoms. The second-order valence-corrected chi connectivity index (χ2v) is 3.63. The average molecular weight is 235 g/mol. The first kappa shape index (κ1) is 13.2. The molecule has 0 aliphatic rings. The number of nitrogens with one attached hydrogen (secondary N) is 1. The lowest BCUT2D eigenvalue weighted by Crippen LogP contribution is -2.29. The number of unbranched alkanes of at least 4 members (excludes halogenated alkanes) is 1. The van der Waals surface area contributed by atoms with Gasteiger partial charge in [0.1, 0.15) is 5.69 Å². The summed E-state index contributed by atoms with van der Waals surface area (Å²) in [5, 5.41) is 6.64. The summed E-state index contributed by atoms with van der Waals surface area (Å²) in [7, 11) is 0. The highest BCUT2D eigenvalue weighted by Crippen LogP contribution is 1.93. The standard InChI is InChI=1S/C12H17N3O2/c1-3-5-9-15-11(16)7-6-10(14-15)12(17)13-8-4-2/h4,6-7H,2-3,5,8-9H2,1H3,(H,13,17). The SMILES string of the molecule is C=CCNC(=O)c1ccc(=O)n(CCCC)n1. The normalized spacial score (nSPS) is 9.94. The molecule has 0 aliphatic carbocycles. The summed E-state index contributed by atoms with van der Waals surface area (Å²) in [6.45, 7) is 6.46. The first-order valence-corrected chi connectivity index (χ1v) is 5.66. The van der Waals surface area contributed by atoms with E-state index in [0.717, 1.165) is 12.8 Å². The molecule has 0 saturated heterocycles. The Morgan fingerprint density at radius 3 is 3.00 bits per heavy atom. The number of aryl methyl sites for hydroxylation is 1. The van der Waals surface area contributed by atoms with Crippen molar-refractivity contribution in [2.24, 2.45) is 0 Å². The molecule has 0 bridgehead atoms. The number of aromatic nitrogens is 2. The van der Waals surface area contributed by atoms with Gasteiger partial charge in [0.2, 0.25) is 0 Å². The molecule has 1 heterocycles. The summed E-state index contributed by atoms with van der Waals surface area (Å²) in [6, 6.07) is 2.80. The van der Waals surface area contributed by atoms with Gasteiger partial charge in [0.25, 0.3) is 11.5 Å². The fourth-order valence-electron chi connectivity index (χ4n) is 1.29. The van der Waals surface area contributed by atoms with Crippen LogP contribution in [0.15, 0.2) is 29.6 Å². The minimum Gasteiger partial charge on any atom is -0.347 e. The van der Waals surface area contributed by atoms with E-state index in [1.807, 2.05) is 6.92 Å². The summed E-state index contributed by atoms with van der Waals surface area (Å²) in [5.74, 6) is -0.296. The van der Waals surface area contributed by atoms with E-state index in [1.54, 1.807) is 6.08 Å². The van der Waals surface area contributed by atoms with Crippen LogP contribution in [0.4, 0.5) is 0 Å². The van der Waals surface area contributed by atoms with Gasteiger partial charge >= 0.3 is 0 Å². The summed E-state index contributed by atoms with van der Waals surface area (Å²) < 4.78 is 1.33. The number of hydrogen-bond donors (Lipinski definition) is 1. The maximum Gasteiger partial charge on any atom is 0.271 e. The molecule has 1 amide bonds. The van der Waals surface area contributed by atoms with Crippen molar-refractivity contribution in [3.8, 4) is 0 Å². The van der Waals surface area contributed by atoms with Crippen LogP contribution >= 0.6 is 0 Å². The van der Waals surface area contributed by atoms with E-state index in [2.05, 4.69) is 17.0 Å². The summed E-state index contributed by atoms with van der Waals surface area (Å²) in [6.07, 6.45) is 3.43. The Labute approximate surface area is 100 Å². The number of amides is 1. The van der Waals surface area contributed by atoms with Gasteiger partial charge < -0.3 is 5.32 Å². The number of carbonyl (C=O) groups is 1. The topological polar surface area (TPSA) is 64.0 Å². The van der Waals surface area contributed by atoms with Crippen LogP contribution in [-0.4, -0.2) is 22.2 Å². The number of nitrogens with zero attached hydrogens (tertiary/aromatic N) is 2. The van der Waals surface area contributed by atoms with Gasteiger partial charge in [-0.25, -0.2) is 4.68 Å². The van der Waals surface area contributed by atoms with Crippen LogP contribution in [0.1, 0.15) is 30.3 Å². The van der Waals surface area contributed by atoms with E-state index >= 15 is 0 Å². The van der Waals surface area contributed by atoms with E-state index < -0.39 is 0 Å². The maximum absolute atomic E-state index is 11.6. The predicted octanol–water partition coefficient (Wildman–Crippen LogP) is 0.959. The van der Waals surface area contributed by atoms with Crippen molar-refractivity contribution < 1.29 is 4.79 Å². The maximum atomic E-state index is 11.6. The van der Waals surface area contributed by atoms with Crippen LogP contribution in [0.25, 0.3) is 0 Å². The van der Waals surface area contributed by atoms with Crippen molar-refractivity contribution in [3.63, 3.8) is 0 Å². The van der Waals surface area contributed by atoms with Crippen molar-refractivity contribution in [2.45, 2.75) is 26.3 Å². The zero-order chi connectivity index (χ0) is 12.7. The third-order valence-electron chi connectivity index (χ3n) is 2.23. The molecular formula is C12H17N3O2. The fraction of sp³-hybridized carbons (Fsp3) is 0.417. The van der Waals surface area contributed by atoms with Gasteiger partial charge in [-0.3, -0.25) is 9.59 Å². The van der Waals surface area contributed by atoms with Gasteiger partial charge in [0, 0.05) is 19.2 Å². The van der Waals surface area contributed by atoms with Crippen molar-refractivity contribution in [3.05, 3.63) is 40.8 Å². The zero-order valence-electron chi connectivity index (χ0n) is 9.98. The second-order valence-electron chi connectivity index (χ2n) is 3.63. The van der Waals surface area contributed by atoms with Gasteiger partial charge in [-0.05, 0) is 12.5 Å². The third kappa shape index (κ3) is 3.86. The Hall–Kier alpha value is -1.91. The van der Waals surface area contributed by atoms with Gasteiger partial charge in [0.15, 0.2) is 0 Å². The molecule has 5 heteroatoms. The van der Waals surface area contributed by atoms with Crippen LogP contribution < -0.4 is 10.9 Å². The number of hydrogen-bond acceptors (Lipinski definition) is 3. The van der Waals surface area contributed by atoms with E-state index in [4.69, 9.17) is 0 Å². The molecule has 0 atom stereocenters. The van der Waals surface area contributed by atoms with Crippen LogP contribution in [0.2, 0.25) is 0 Å². The Balaban J connectivity index is 2.83. The van der Waals surface area contributed by atoms with Crippen LogP contribution in [0, 0.1) is 0 Å². The highest BCUT2D eigenvalue weighted by molar-refractivity contribution is 5.92. The molecular weight excluding hydrogens is 218 g/mol. The molecule has 0 spiro atoms. The summed E-state index contributed by atoms with van der Waals surface area (Å²) in [5.41, 5.74) is 0.0706. The van der Waals surface area contributed by atoms with E-state index in [-0.39, 0.29) is 17.2 Å². The monoisotopic (exact) mass is 235 g/mol. The first-order valence-electron chi connectivity index (χ1n) is 5.66. The molecule has 1 aromatic rings. The van der Waals surface area contributed by atoms with E-state index in [9.17, 15) is 9.59 Å². The molecule has 0 aromatic carbocycles. The van der Waals surface area contributed by atoms with Crippen molar-refractivity contribution in [1.29, 1.82) is 0 Å². The largest absolute Gasteiger partial charge is 0.347 e. The van der Waals surface area contributed by atoms with Gasteiger partial charge in [-0.2, -0.15) is 5.10 Å². The smallest absolute Gasteiger partial charge is 0.271 e. The third-order valence-corrected chi connectivity index (χ3v) is 2.23. The molecule has 0 aliphatic heterocycles. The lowest BCUT2D eigenvalue weighted by atomic mass is 10.3. The van der Waals surface area contributed by atoms with Crippen molar-refractivity contribution >= 4 is 5.91 Å². The molecule has 0 radical (unpaired) electrons. The highest BCUT2D eigenvalue weighted by Gasteiger charge is 2.07. The van der Waals surface area contributed by atoms with Gasteiger partial charge in [-0.15, -0.1) is 6.58 Å². The Bertz CT molecular complexity index is 451. The van der Waals surface area contributed by atoms with E-state index in [0.29, 0.717) is 13.1 Å². The van der Waals surface area contributed by atoms with Crippen LogP contribution in [0.3, 0.4) is 0 Å². The van der Waals surface area contributed by atoms with Crippen molar-refractivity contribution in [1.82, 2.24) is 15.1 Å². The second kappa shape index (κ2) is 6.62. The number of rotatable bonds is 6. The Kier molecular flexibility index (Phi) is 5.13. The minimum atomic E-state index is -0.296. The van der Waals surface area contributed by atoms with Crippen LogP contribution in [-0.2, 0) is 6.54 Å². The Morgan fingerprint density at radius 2 is 2.35 bits per heavy atom. The lowest BCUT2D eigenvalue weighted by Gasteiger charge is -2.06. The molecule has 92 valence electrons. The van der Waals surface area contributed by atoms with Gasteiger partial charge in [-0.1, -0.05) is 19.4 Å². The van der Waals surface area contributed by atoms with Gasteiger partial charge in [0.05, 0.1) is 0 Å². The highest BCUT2D eigenvalue weighted by atomic mass is 16.2. The fourth-order valence-corrected chi connectivity index (χ4v) is 1.29. The molecule has 0 unspecified atom stereocenters. The molecule has 0 saturated carbocycles. The average Bonchev–Trinajstić information content (AvgIpc) is 2.35. The lowest BCUT2D eigenvalue weighted by molar-refractivity contribution is 0.0950. The molecule has 1 aromatic heterocycles. The molecule has 0 fully saturated rings. The van der Waals surface area contributed by atoms with E-state index in [1.165, 1.54) is 16.8 Å². The quantitative estimate of drug-likeness (QED) is 0.747. The Morgan fingerprint density at radius 1 is 1.59 bits per heavy atom. The summed E-state index contributed by atoms with van der Waals surface area (Å²) >= 11 is 0. The molecule has 1 rings (SSSR count). The minimum absolute atomic E-state index is 0.182. The predicted molar refractivity (Wildman–Crippen MR) is 65.9 cm³/mol. The summed E-state index contributed by atoms with van der Waals surface area (Å²) in [4.78, 5) is 23.1. The molecule has 5 nitrogen and oxygen atoms in total. The molecule has 1 N–H and O–H groups in total. The van der Waals surface area contributed by atoms with Crippen LogP contribution in [0.5, 0.6) is 0 Å². The first-order chi connectivity index (χ1) is 8.19.